The van der Waals surface area contributed by atoms with E-state index in [-0.39, 0.29) is 42.3 Å². The minimum atomic E-state index is -1.92. The lowest BCUT2D eigenvalue weighted by Crippen LogP contribution is -2.59. The first-order chi connectivity index (χ1) is 27.6. The fraction of sp³-hybridized carbons (Fsp3) is 0.773. The third kappa shape index (κ3) is 13.1. The molecule has 0 bridgehead atoms. The number of methoxy groups -OCH3 is 2. The Morgan fingerprint density at radius 3 is 2.29 bits per heavy atom. The van der Waals surface area contributed by atoms with Gasteiger partial charge < -0.3 is 64.4 Å². The third-order valence-electron chi connectivity index (χ3n) is 12.7. The van der Waals surface area contributed by atoms with Gasteiger partial charge in [-0.1, -0.05) is 77.0 Å². The summed E-state index contributed by atoms with van der Waals surface area (Å²) in [6.07, 6.45) is -1.05. The van der Waals surface area contributed by atoms with Crippen molar-refractivity contribution in [1.29, 1.82) is 0 Å². The number of primary amides is 1. The van der Waals surface area contributed by atoms with E-state index in [1.165, 1.54) is 20.3 Å². The van der Waals surface area contributed by atoms with Crippen molar-refractivity contribution in [2.45, 2.75) is 168 Å². The largest absolute Gasteiger partial charge is 0.490 e. The van der Waals surface area contributed by atoms with Crippen molar-refractivity contribution in [3.8, 4) is 0 Å². The van der Waals surface area contributed by atoms with Crippen LogP contribution in [-0.2, 0) is 38.0 Å². The second-order valence-corrected chi connectivity index (χ2v) is 17.2. The Balaban J connectivity index is 1.96. The van der Waals surface area contributed by atoms with Crippen molar-refractivity contribution >= 4 is 12.1 Å². The van der Waals surface area contributed by atoms with Crippen LogP contribution in [0.4, 0.5) is 4.79 Å². The van der Waals surface area contributed by atoms with E-state index in [1.807, 2.05) is 46.8 Å². The molecule has 2 fully saturated rings. The van der Waals surface area contributed by atoms with Gasteiger partial charge in [-0.05, 0) is 52.5 Å². The van der Waals surface area contributed by atoms with Gasteiger partial charge in [0.1, 0.15) is 12.2 Å². The summed E-state index contributed by atoms with van der Waals surface area (Å²) in [6, 6.07) is 0. The molecule has 338 valence electrons. The predicted molar refractivity (Wildman–Crippen MR) is 219 cm³/mol. The zero-order chi connectivity index (χ0) is 44.5. The number of hydrogen-bond donors (Lipinski definition) is 6. The quantitative estimate of drug-likeness (QED) is 0.168. The minimum absolute atomic E-state index is 0.0173. The van der Waals surface area contributed by atoms with Crippen LogP contribution in [0.5, 0.6) is 0 Å². The Hall–Kier alpha value is -2.86. The van der Waals surface area contributed by atoms with E-state index >= 15 is 0 Å². The van der Waals surface area contributed by atoms with E-state index in [9.17, 15) is 35.1 Å². The highest BCUT2D eigenvalue weighted by Gasteiger charge is 2.52. The van der Waals surface area contributed by atoms with Crippen LogP contribution < -0.4 is 5.73 Å². The molecule has 15 nitrogen and oxygen atoms in total. The number of amides is 1. The molecule has 3 aliphatic heterocycles. The van der Waals surface area contributed by atoms with Crippen LogP contribution >= 0.6 is 0 Å². The summed E-state index contributed by atoms with van der Waals surface area (Å²) < 4.78 is 41.0. The summed E-state index contributed by atoms with van der Waals surface area (Å²) in [5.41, 5.74) is 6.77. The first kappa shape index (κ1) is 50.5. The van der Waals surface area contributed by atoms with Gasteiger partial charge in [-0.2, -0.15) is 0 Å². The second-order valence-electron chi connectivity index (χ2n) is 17.2. The molecule has 7 N–H and O–H groups in total. The molecule has 0 aromatic rings. The van der Waals surface area contributed by atoms with Crippen LogP contribution in [-0.4, -0.2) is 125 Å². The zero-order valence-electron chi connectivity index (χ0n) is 37.0. The number of allylic oxidation sites excluding steroid dienone is 5. The summed E-state index contributed by atoms with van der Waals surface area (Å²) in [5.74, 6) is -5.80. The number of nitrogens with two attached hydrogens (primary N) is 1. The summed E-state index contributed by atoms with van der Waals surface area (Å²) in [6.45, 7) is 18.1. The molecule has 3 aliphatic rings. The second kappa shape index (κ2) is 22.3. The highest BCUT2D eigenvalue weighted by Crippen LogP contribution is 2.42. The lowest BCUT2D eigenvalue weighted by atomic mass is 9.77. The molecular weight excluding hydrogens is 766 g/mol. The Bertz CT molecular complexity index is 1490. The van der Waals surface area contributed by atoms with E-state index in [1.54, 1.807) is 46.8 Å². The van der Waals surface area contributed by atoms with Crippen LogP contribution in [0.1, 0.15) is 94.9 Å². The molecule has 0 aromatic carbocycles. The van der Waals surface area contributed by atoms with Gasteiger partial charge >= 0.3 is 12.1 Å². The number of aliphatic hydroxyl groups is 5. The molecular formula is C44H73NO14. The van der Waals surface area contributed by atoms with Crippen LogP contribution in [0.2, 0.25) is 0 Å². The average Bonchev–Trinajstić information content (AvgIpc) is 3.16. The normalized spacial score (nSPS) is 43.1. The van der Waals surface area contributed by atoms with Gasteiger partial charge in [-0.15, -0.1) is 0 Å². The molecule has 18 atom stereocenters. The molecule has 3 heterocycles. The molecule has 3 rings (SSSR count). The highest BCUT2D eigenvalue weighted by molar-refractivity contribution is 5.87. The van der Waals surface area contributed by atoms with Gasteiger partial charge in [-0.25, -0.2) is 9.59 Å². The maximum absolute atomic E-state index is 13.9. The van der Waals surface area contributed by atoms with Gasteiger partial charge in [0.15, 0.2) is 18.2 Å². The molecule has 0 saturated carbocycles. The topological polar surface area (TPSA) is 226 Å². The standard InChI is InChI=1S/C44H73NO14/c1-13-31-37(47)24(4)17-22(2)15-14-16-33(53-11)40(57-42(50)34(54-12)19-23(3)18-25(5)38(31)48)27(7)39(49)28(8)44(52)21-35(26(6)29(9)59-44)56-36-20-32(46)41(30(10)55-36)58-43(45)51/h14-16,18-19,24-33,35-41,46-49,52H,13,17,20-21H2,1-12H3,(H2,45,51)/b16-14+,22-15+,23-18+,34-19-/t24-,25+,26-,27-,28+,29-,30-,31+,32-,33+,35-,36+,37-,38-,39+,40-,41-,44-/m1/s1. The smallest absolute Gasteiger partial charge is 0.404 e. The van der Waals surface area contributed by atoms with Crippen molar-refractivity contribution in [1.82, 2.24) is 0 Å². The third-order valence-corrected chi connectivity index (χ3v) is 12.7. The lowest BCUT2D eigenvalue weighted by Gasteiger charge is -2.49. The van der Waals surface area contributed by atoms with Gasteiger partial charge in [0, 0.05) is 49.5 Å². The van der Waals surface area contributed by atoms with Crippen LogP contribution in [0.25, 0.3) is 0 Å². The van der Waals surface area contributed by atoms with E-state index in [2.05, 4.69) is 0 Å². The van der Waals surface area contributed by atoms with E-state index < -0.39 is 97.0 Å². The van der Waals surface area contributed by atoms with E-state index in [4.69, 9.17) is 38.9 Å². The minimum Gasteiger partial charge on any atom is -0.490 e. The van der Waals surface area contributed by atoms with Gasteiger partial charge in [-0.3, -0.25) is 0 Å². The van der Waals surface area contributed by atoms with Crippen molar-refractivity contribution in [3.05, 3.63) is 47.3 Å². The van der Waals surface area contributed by atoms with E-state index in [0.717, 1.165) is 5.57 Å². The van der Waals surface area contributed by atoms with Crippen LogP contribution in [0, 0.1) is 35.5 Å². The monoisotopic (exact) mass is 840 g/mol. The number of carbonyl (C=O) groups is 2. The number of ether oxygens (including phenoxy) is 7. The summed E-state index contributed by atoms with van der Waals surface area (Å²) in [7, 11) is 2.81. The maximum atomic E-state index is 13.9. The number of aliphatic hydroxyl groups excluding tert-OH is 4. The molecule has 0 aromatic heterocycles. The number of hydrogen-bond acceptors (Lipinski definition) is 14. The molecule has 0 aliphatic carbocycles. The number of carbonyl (C=O) groups excluding carboxylic acids is 2. The zero-order valence-corrected chi connectivity index (χ0v) is 37.0. The molecule has 0 radical (unpaired) electrons. The summed E-state index contributed by atoms with van der Waals surface area (Å²) in [5, 5.41) is 57.6. The fourth-order valence-corrected chi connectivity index (χ4v) is 8.71. The summed E-state index contributed by atoms with van der Waals surface area (Å²) >= 11 is 0. The Morgan fingerprint density at radius 2 is 1.71 bits per heavy atom. The molecule has 0 unspecified atom stereocenters. The van der Waals surface area contributed by atoms with Crippen LogP contribution in [0.15, 0.2) is 47.3 Å². The van der Waals surface area contributed by atoms with Crippen molar-refractivity contribution in [3.63, 3.8) is 0 Å². The number of cyclic esters (lactones) is 1. The maximum Gasteiger partial charge on any atom is 0.404 e. The van der Waals surface area contributed by atoms with Crippen molar-refractivity contribution in [2.24, 2.45) is 41.2 Å². The molecule has 59 heavy (non-hydrogen) atoms. The van der Waals surface area contributed by atoms with E-state index in [0.29, 0.717) is 18.4 Å². The average molecular weight is 840 g/mol. The van der Waals surface area contributed by atoms with Gasteiger partial charge in [0.2, 0.25) is 5.76 Å². The van der Waals surface area contributed by atoms with Crippen molar-refractivity contribution < 1.29 is 68.3 Å². The first-order valence-electron chi connectivity index (χ1n) is 21.0. The lowest BCUT2D eigenvalue weighted by molar-refractivity contribution is -0.343. The Morgan fingerprint density at radius 1 is 1.05 bits per heavy atom. The Labute approximate surface area is 350 Å². The fourth-order valence-electron chi connectivity index (χ4n) is 8.71. The predicted octanol–water partition coefficient (Wildman–Crippen LogP) is 4.43. The van der Waals surface area contributed by atoms with Gasteiger partial charge in [0.05, 0.1) is 49.8 Å². The molecule has 2 saturated heterocycles. The highest BCUT2D eigenvalue weighted by atomic mass is 16.7. The molecule has 1 amide bonds. The van der Waals surface area contributed by atoms with Gasteiger partial charge in [0.25, 0.3) is 0 Å². The number of rotatable bonds is 10. The Kier molecular flexibility index (Phi) is 19.1. The first-order valence-corrected chi connectivity index (χ1v) is 21.0. The number of esters is 1. The van der Waals surface area contributed by atoms with Crippen LogP contribution in [0.3, 0.4) is 0 Å². The van der Waals surface area contributed by atoms with Crippen molar-refractivity contribution in [2.75, 3.05) is 14.2 Å². The molecule has 0 spiro atoms. The summed E-state index contributed by atoms with van der Waals surface area (Å²) in [4.78, 5) is 25.2. The molecule has 15 heteroatoms. The SMILES string of the molecule is CC[C@H]1[C@H](O)[C@H](C)C/C(C)=C/C=C/[C@H](OC)[C@@H]([C@H](C)[C@H](O)[C@H](C)[C@@]2(O)C[C@@H](O[C@H]3C[C@@H](O)[C@H](OC(N)=O)[C@@H](C)O3)[C@H](C)[C@@H](C)O2)OC(=O)/C(OC)=C/C(C)=C/[C@H](C)[C@H]1O.